The molecule has 0 saturated carbocycles. The summed E-state index contributed by atoms with van der Waals surface area (Å²) in [7, 11) is 3.82. The average Bonchev–Trinajstić information content (AvgIpc) is 2.43. The molecule has 1 rings (SSSR count). The Morgan fingerprint density at radius 2 is 2.19 bits per heavy atom. The fourth-order valence-electron chi connectivity index (χ4n) is 1.28. The van der Waals surface area contributed by atoms with E-state index >= 15 is 0 Å². The van der Waals surface area contributed by atoms with Gasteiger partial charge in [-0.3, -0.25) is 10.1 Å². The Hall–Kier alpha value is -2.42. The number of hydrogen-bond acceptors (Lipinski definition) is 7. The van der Waals surface area contributed by atoms with Gasteiger partial charge in [0.25, 0.3) is 5.69 Å². The van der Waals surface area contributed by atoms with Gasteiger partial charge < -0.3 is 20.6 Å². The number of nitro groups is 1. The van der Waals surface area contributed by atoms with E-state index in [2.05, 4.69) is 10.1 Å². The Labute approximate surface area is 122 Å². The molecule has 0 bridgehead atoms. The largest absolute Gasteiger partial charge is 0.476 e. The summed E-state index contributed by atoms with van der Waals surface area (Å²) in [4.78, 5) is 16.1. The van der Waals surface area contributed by atoms with Crippen LogP contribution in [-0.4, -0.2) is 52.1 Å². The van der Waals surface area contributed by atoms with Crippen molar-refractivity contribution in [1.82, 2.24) is 9.88 Å². The highest BCUT2D eigenvalue weighted by molar-refractivity contribution is 5.98. The number of aromatic nitrogens is 1. The molecule has 9 nitrogen and oxygen atoms in total. The molecule has 9 heteroatoms. The molecule has 0 amide bonds. The molecule has 3 N–H and O–H groups in total. The summed E-state index contributed by atoms with van der Waals surface area (Å²) in [5, 5.41) is 22.3. The molecule has 0 aliphatic rings. The molecule has 0 aromatic carbocycles. The lowest BCUT2D eigenvalue weighted by molar-refractivity contribution is -0.385. The van der Waals surface area contributed by atoms with E-state index in [1.54, 1.807) is 0 Å². The van der Waals surface area contributed by atoms with Gasteiger partial charge in [0.05, 0.1) is 4.92 Å². The van der Waals surface area contributed by atoms with Crippen LogP contribution < -0.4 is 10.5 Å². The van der Waals surface area contributed by atoms with Gasteiger partial charge in [-0.25, -0.2) is 4.98 Å². The summed E-state index contributed by atoms with van der Waals surface area (Å²) < 4.78 is 5.53. The summed E-state index contributed by atoms with van der Waals surface area (Å²) in [6.45, 7) is 4.27. The second-order valence-electron chi connectivity index (χ2n) is 5.26. The van der Waals surface area contributed by atoms with E-state index in [0.29, 0.717) is 6.61 Å². The lowest BCUT2D eigenvalue weighted by atomic mass is 10.1. The van der Waals surface area contributed by atoms with Crippen LogP contribution in [-0.2, 0) is 0 Å². The zero-order valence-corrected chi connectivity index (χ0v) is 12.4. The van der Waals surface area contributed by atoms with Gasteiger partial charge in [0, 0.05) is 17.7 Å². The second-order valence-corrected chi connectivity index (χ2v) is 5.26. The molecule has 0 saturated heterocycles. The number of nitrogens with two attached hydrogens (primary N) is 1. The predicted octanol–water partition coefficient (Wildman–Crippen LogP) is 0.803. The molecular formula is C12H19N5O4. The van der Waals surface area contributed by atoms with Crippen LogP contribution in [0.5, 0.6) is 5.88 Å². The van der Waals surface area contributed by atoms with Crippen molar-refractivity contribution >= 4 is 11.5 Å². The molecule has 1 heterocycles. The maximum atomic E-state index is 10.9. The van der Waals surface area contributed by atoms with E-state index in [-0.39, 0.29) is 22.8 Å². The Balaban J connectivity index is 3.04. The number of ether oxygens (including phenoxy) is 1. The molecule has 0 radical (unpaired) electrons. The standard InChI is InChI=1S/C12H19N5O4/c1-12(2,16(3)4)7-21-9-6-5-8(17(19)20)10(14-9)11(13)15-18/h5-6,18H,7H2,1-4H3,(H2,13,15). The third kappa shape index (κ3) is 4.02. The first-order valence-corrected chi connectivity index (χ1v) is 6.12. The van der Waals surface area contributed by atoms with E-state index in [9.17, 15) is 10.1 Å². The third-order valence-electron chi connectivity index (χ3n) is 3.18. The van der Waals surface area contributed by atoms with Crippen LogP contribution in [0.25, 0.3) is 0 Å². The van der Waals surface area contributed by atoms with Crippen LogP contribution in [0.3, 0.4) is 0 Å². The topological polar surface area (TPSA) is 127 Å². The molecule has 21 heavy (non-hydrogen) atoms. The van der Waals surface area contributed by atoms with Gasteiger partial charge in [0.1, 0.15) is 6.61 Å². The third-order valence-corrected chi connectivity index (χ3v) is 3.18. The summed E-state index contributed by atoms with van der Waals surface area (Å²) in [5.74, 6) is -0.281. The van der Waals surface area contributed by atoms with Crippen molar-refractivity contribution in [3.8, 4) is 5.88 Å². The van der Waals surface area contributed by atoms with Crippen molar-refractivity contribution < 1.29 is 14.9 Å². The van der Waals surface area contributed by atoms with Gasteiger partial charge in [-0.15, -0.1) is 0 Å². The predicted molar refractivity (Wildman–Crippen MR) is 76.7 cm³/mol. The fraction of sp³-hybridized carbons (Fsp3) is 0.500. The molecule has 1 aromatic heterocycles. The first-order chi connectivity index (χ1) is 9.69. The minimum atomic E-state index is -0.659. The van der Waals surface area contributed by atoms with Crippen molar-refractivity contribution in [3.63, 3.8) is 0 Å². The number of nitrogens with zero attached hydrogens (tertiary/aromatic N) is 4. The second kappa shape index (κ2) is 6.35. The number of oxime groups is 1. The highest BCUT2D eigenvalue weighted by Gasteiger charge is 2.24. The van der Waals surface area contributed by atoms with Gasteiger partial charge in [0.2, 0.25) is 5.88 Å². The minimum absolute atomic E-state index is 0.164. The van der Waals surface area contributed by atoms with Crippen LogP contribution >= 0.6 is 0 Å². The van der Waals surface area contributed by atoms with Gasteiger partial charge >= 0.3 is 0 Å². The summed E-state index contributed by atoms with van der Waals surface area (Å²) in [6.07, 6.45) is 0. The SMILES string of the molecule is CN(C)C(C)(C)COc1ccc([N+](=O)[O-])c(/C(N)=N/O)n1. The molecular weight excluding hydrogens is 278 g/mol. The number of likely N-dealkylation sites (N-methyl/N-ethyl adjacent to an activating group) is 1. The smallest absolute Gasteiger partial charge is 0.299 e. The molecule has 0 unspecified atom stereocenters. The summed E-state index contributed by atoms with van der Waals surface area (Å²) >= 11 is 0. The monoisotopic (exact) mass is 297 g/mol. The van der Waals surface area contributed by atoms with Crippen LogP contribution in [0.4, 0.5) is 5.69 Å². The highest BCUT2D eigenvalue weighted by atomic mass is 16.6. The van der Waals surface area contributed by atoms with Gasteiger partial charge in [-0.2, -0.15) is 0 Å². The molecule has 0 fully saturated rings. The van der Waals surface area contributed by atoms with Crippen LogP contribution in [0, 0.1) is 10.1 Å². The molecule has 116 valence electrons. The highest BCUT2D eigenvalue weighted by Crippen LogP contribution is 2.21. The first-order valence-electron chi connectivity index (χ1n) is 6.12. The van der Waals surface area contributed by atoms with E-state index in [1.165, 1.54) is 12.1 Å². The Bertz CT molecular complexity index is 557. The number of amidine groups is 1. The van der Waals surface area contributed by atoms with Crippen molar-refractivity contribution in [2.75, 3.05) is 20.7 Å². The number of pyridine rings is 1. The molecule has 0 spiro atoms. The Morgan fingerprint density at radius 1 is 1.57 bits per heavy atom. The summed E-state index contributed by atoms with van der Waals surface area (Å²) in [6, 6.07) is 2.58. The van der Waals surface area contributed by atoms with Crippen LogP contribution in [0.1, 0.15) is 19.5 Å². The van der Waals surface area contributed by atoms with E-state index < -0.39 is 10.8 Å². The van der Waals surface area contributed by atoms with E-state index in [1.807, 2.05) is 32.8 Å². The maximum Gasteiger partial charge on any atom is 0.299 e. The zero-order chi connectivity index (χ0) is 16.2. The van der Waals surface area contributed by atoms with Gasteiger partial charge in [-0.1, -0.05) is 5.16 Å². The lowest BCUT2D eigenvalue weighted by Gasteiger charge is -2.31. The molecule has 1 aromatic rings. The Kier molecular flexibility index (Phi) is 5.03. The van der Waals surface area contributed by atoms with Crippen molar-refractivity contribution in [3.05, 3.63) is 27.9 Å². The van der Waals surface area contributed by atoms with Gasteiger partial charge in [0.15, 0.2) is 11.5 Å². The van der Waals surface area contributed by atoms with E-state index in [0.717, 1.165) is 0 Å². The van der Waals surface area contributed by atoms with Crippen LogP contribution in [0.2, 0.25) is 0 Å². The van der Waals surface area contributed by atoms with Crippen molar-refractivity contribution in [2.45, 2.75) is 19.4 Å². The molecule has 0 aliphatic carbocycles. The normalized spacial score (nSPS) is 12.5. The van der Waals surface area contributed by atoms with Crippen molar-refractivity contribution in [1.29, 1.82) is 0 Å². The number of hydrogen-bond donors (Lipinski definition) is 2. The Morgan fingerprint density at radius 3 is 2.67 bits per heavy atom. The minimum Gasteiger partial charge on any atom is -0.476 e. The fourth-order valence-corrected chi connectivity index (χ4v) is 1.28. The lowest BCUT2D eigenvalue weighted by Crippen LogP contribution is -2.43. The van der Waals surface area contributed by atoms with Crippen molar-refractivity contribution in [2.24, 2.45) is 10.9 Å². The maximum absolute atomic E-state index is 10.9. The number of rotatable bonds is 6. The zero-order valence-electron chi connectivity index (χ0n) is 12.4. The van der Waals surface area contributed by atoms with Crippen LogP contribution in [0.15, 0.2) is 17.3 Å². The summed E-state index contributed by atoms with van der Waals surface area (Å²) in [5.41, 5.74) is 4.56. The quantitative estimate of drug-likeness (QED) is 0.261. The molecule has 0 aliphatic heterocycles. The van der Waals surface area contributed by atoms with Gasteiger partial charge in [-0.05, 0) is 27.9 Å². The molecule has 0 atom stereocenters. The average molecular weight is 297 g/mol. The first kappa shape index (κ1) is 16.6. The van der Waals surface area contributed by atoms with E-state index in [4.69, 9.17) is 15.7 Å².